The molecule has 0 spiro atoms. The van der Waals surface area contributed by atoms with Crippen LogP contribution < -0.4 is 5.73 Å². The molecule has 1 unspecified atom stereocenters. The Labute approximate surface area is 74.6 Å². The van der Waals surface area contributed by atoms with E-state index in [0.29, 0.717) is 11.9 Å². The quantitative estimate of drug-likeness (QED) is 0.671. The standard InChI is InChI=1S/C10H18N2/c1-3-4-9-6-5-8(2)7-10(11)12-9/h7,9H,3-6H2,1-2H3,(H2,11,12). The van der Waals surface area contributed by atoms with E-state index < -0.39 is 0 Å². The highest BCUT2D eigenvalue weighted by Crippen LogP contribution is 2.16. The van der Waals surface area contributed by atoms with Gasteiger partial charge in [0.25, 0.3) is 0 Å². The van der Waals surface area contributed by atoms with Crippen LogP contribution in [0.25, 0.3) is 0 Å². The van der Waals surface area contributed by atoms with Crippen LogP contribution in [0.15, 0.2) is 16.6 Å². The Balaban J connectivity index is 2.58. The van der Waals surface area contributed by atoms with Gasteiger partial charge in [-0.05, 0) is 32.3 Å². The molecule has 0 aromatic rings. The van der Waals surface area contributed by atoms with E-state index >= 15 is 0 Å². The lowest BCUT2D eigenvalue weighted by Gasteiger charge is -2.08. The Morgan fingerprint density at radius 2 is 2.42 bits per heavy atom. The maximum absolute atomic E-state index is 5.72. The molecule has 1 atom stereocenters. The van der Waals surface area contributed by atoms with Crippen LogP contribution >= 0.6 is 0 Å². The van der Waals surface area contributed by atoms with Crippen molar-refractivity contribution in [1.29, 1.82) is 0 Å². The first-order valence-electron chi connectivity index (χ1n) is 4.72. The van der Waals surface area contributed by atoms with Crippen LogP contribution in [-0.2, 0) is 0 Å². The summed E-state index contributed by atoms with van der Waals surface area (Å²) in [4.78, 5) is 4.43. The number of nitrogens with zero attached hydrogens (tertiary/aromatic N) is 1. The van der Waals surface area contributed by atoms with Crippen LogP contribution in [0.3, 0.4) is 0 Å². The highest BCUT2D eigenvalue weighted by atomic mass is 14.9. The zero-order valence-electron chi connectivity index (χ0n) is 8.01. The Bertz CT molecular complexity index is 204. The molecule has 0 aromatic heterocycles. The maximum atomic E-state index is 5.72. The minimum absolute atomic E-state index is 0.462. The van der Waals surface area contributed by atoms with Gasteiger partial charge in [0.05, 0.1) is 6.04 Å². The van der Waals surface area contributed by atoms with Gasteiger partial charge >= 0.3 is 0 Å². The lowest BCUT2D eigenvalue weighted by atomic mass is 10.0. The lowest BCUT2D eigenvalue weighted by Crippen LogP contribution is -2.12. The number of hydrogen-bond donors (Lipinski definition) is 1. The van der Waals surface area contributed by atoms with Gasteiger partial charge in [0, 0.05) is 0 Å². The van der Waals surface area contributed by atoms with Gasteiger partial charge in [-0.2, -0.15) is 0 Å². The molecule has 0 aromatic carbocycles. The second kappa shape index (κ2) is 4.29. The second-order valence-electron chi connectivity index (χ2n) is 3.53. The van der Waals surface area contributed by atoms with Crippen molar-refractivity contribution in [2.75, 3.05) is 0 Å². The molecule has 0 amide bonds. The summed E-state index contributed by atoms with van der Waals surface area (Å²) in [5, 5.41) is 0. The molecule has 0 saturated carbocycles. The maximum Gasteiger partial charge on any atom is 0.118 e. The molecule has 1 aliphatic heterocycles. The summed E-state index contributed by atoms with van der Waals surface area (Å²) in [5.74, 6) is 0.712. The number of amidine groups is 1. The second-order valence-corrected chi connectivity index (χ2v) is 3.53. The molecule has 1 heterocycles. The van der Waals surface area contributed by atoms with E-state index in [1.807, 2.05) is 6.08 Å². The molecule has 1 aliphatic rings. The molecule has 1 rings (SSSR count). The van der Waals surface area contributed by atoms with Crippen molar-refractivity contribution in [2.45, 2.75) is 45.6 Å². The van der Waals surface area contributed by atoms with Crippen LogP contribution in [0.1, 0.15) is 39.5 Å². The smallest absolute Gasteiger partial charge is 0.118 e. The SMILES string of the molecule is CCCC1CCC(C)=CC(N)=N1. The van der Waals surface area contributed by atoms with Crippen LogP contribution in [0, 0.1) is 0 Å². The molecule has 68 valence electrons. The summed E-state index contributed by atoms with van der Waals surface area (Å²) in [7, 11) is 0. The van der Waals surface area contributed by atoms with Crippen molar-refractivity contribution in [3.63, 3.8) is 0 Å². The van der Waals surface area contributed by atoms with E-state index in [1.165, 1.54) is 18.4 Å². The number of aliphatic imine (C=N–C) groups is 1. The van der Waals surface area contributed by atoms with Gasteiger partial charge in [0.2, 0.25) is 0 Å². The van der Waals surface area contributed by atoms with Crippen LogP contribution in [-0.4, -0.2) is 11.9 Å². The first kappa shape index (κ1) is 9.30. The fourth-order valence-electron chi connectivity index (χ4n) is 1.57. The fraction of sp³-hybridized carbons (Fsp3) is 0.700. The number of nitrogens with two attached hydrogens (primary N) is 1. The summed E-state index contributed by atoms with van der Waals surface area (Å²) in [5.41, 5.74) is 7.08. The first-order valence-corrected chi connectivity index (χ1v) is 4.72. The zero-order valence-corrected chi connectivity index (χ0v) is 8.01. The summed E-state index contributed by atoms with van der Waals surface area (Å²) >= 11 is 0. The average Bonchev–Trinajstić information content (AvgIpc) is 2.13. The molecule has 0 bridgehead atoms. The average molecular weight is 166 g/mol. The first-order chi connectivity index (χ1) is 5.72. The van der Waals surface area contributed by atoms with Crippen molar-refractivity contribution in [3.8, 4) is 0 Å². The summed E-state index contributed by atoms with van der Waals surface area (Å²) < 4.78 is 0. The van der Waals surface area contributed by atoms with Crippen molar-refractivity contribution in [1.82, 2.24) is 0 Å². The molecule has 0 fully saturated rings. The summed E-state index contributed by atoms with van der Waals surface area (Å²) in [6.45, 7) is 4.31. The lowest BCUT2D eigenvalue weighted by molar-refractivity contribution is 0.566. The van der Waals surface area contributed by atoms with Crippen LogP contribution in [0.4, 0.5) is 0 Å². The largest absolute Gasteiger partial charge is 0.384 e. The van der Waals surface area contributed by atoms with E-state index in [9.17, 15) is 0 Å². The van der Waals surface area contributed by atoms with Crippen LogP contribution in [0.5, 0.6) is 0 Å². The van der Waals surface area contributed by atoms with E-state index in [4.69, 9.17) is 5.73 Å². The highest BCUT2D eigenvalue weighted by molar-refractivity contribution is 5.92. The van der Waals surface area contributed by atoms with Gasteiger partial charge in [-0.1, -0.05) is 18.9 Å². The van der Waals surface area contributed by atoms with Gasteiger partial charge in [-0.3, -0.25) is 4.99 Å². The monoisotopic (exact) mass is 166 g/mol. The van der Waals surface area contributed by atoms with E-state index in [0.717, 1.165) is 12.8 Å². The normalized spacial score (nSPS) is 24.3. The molecule has 0 aliphatic carbocycles. The van der Waals surface area contributed by atoms with Gasteiger partial charge in [0.1, 0.15) is 5.84 Å². The molecular formula is C10H18N2. The summed E-state index contributed by atoms with van der Waals surface area (Å²) in [6, 6.07) is 0.462. The third kappa shape index (κ3) is 2.68. The third-order valence-electron chi connectivity index (χ3n) is 2.22. The number of rotatable bonds is 2. The minimum atomic E-state index is 0.462. The van der Waals surface area contributed by atoms with Gasteiger partial charge in [-0.25, -0.2) is 0 Å². The molecule has 2 nitrogen and oxygen atoms in total. The molecule has 12 heavy (non-hydrogen) atoms. The van der Waals surface area contributed by atoms with E-state index in [2.05, 4.69) is 18.8 Å². The number of allylic oxidation sites excluding steroid dienone is 1. The zero-order chi connectivity index (χ0) is 8.97. The minimum Gasteiger partial charge on any atom is -0.384 e. The fourth-order valence-corrected chi connectivity index (χ4v) is 1.57. The molecule has 0 radical (unpaired) electrons. The highest BCUT2D eigenvalue weighted by Gasteiger charge is 2.09. The molecule has 2 N–H and O–H groups in total. The molecular weight excluding hydrogens is 148 g/mol. The van der Waals surface area contributed by atoms with Crippen LogP contribution in [0.2, 0.25) is 0 Å². The Morgan fingerprint density at radius 1 is 1.67 bits per heavy atom. The molecule has 0 saturated heterocycles. The van der Waals surface area contributed by atoms with Crippen molar-refractivity contribution in [2.24, 2.45) is 10.7 Å². The van der Waals surface area contributed by atoms with Gasteiger partial charge in [-0.15, -0.1) is 0 Å². The Kier molecular flexibility index (Phi) is 3.32. The van der Waals surface area contributed by atoms with E-state index in [-0.39, 0.29) is 0 Å². The van der Waals surface area contributed by atoms with Crippen molar-refractivity contribution < 1.29 is 0 Å². The van der Waals surface area contributed by atoms with Gasteiger partial charge < -0.3 is 5.73 Å². The number of hydrogen-bond acceptors (Lipinski definition) is 2. The predicted octanol–water partition coefficient (Wildman–Crippen LogP) is 2.25. The van der Waals surface area contributed by atoms with E-state index in [1.54, 1.807) is 0 Å². The Hall–Kier alpha value is -0.790. The van der Waals surface area contributed by atoms with Crippen molar-refractivity contribution >= 4 is 5.84 Å². The predicted molar refractivity (Wildman–Crippen MR) is 53.3 cm³/mol. The third-order valence-corrected chi connectivity index (χ3v) is 2.22. The van der Waals surface area contributed by atoms with Gasteiger partial charge in [0.15, 0.2) is 0 Å². The van der Waals surface area contributed by atoms with Crippen molar-refractivity contribution in [3.05, 3.63) is 11.6 Å². The summed E-state index contributed by atoms with van der Waals surface area (Å²) in [6.07, 6.45) is 6.67. The molecule has 2 heteroatoms. The topological polar surface area (TPSA) is 38.4 Å². The Morgan fingerprint density at radius 3 is 3.08 bits per heavy atom.